The van der Waals surface area contributed by atoms with Crippen LogP contribution in [0.5, 0.6) is 0 Å². The van der Waals surface area contributed by atoms with Crippen LogP contribution in [0.1, 0.15) is 18.1 Å². The molecule has 0 aliphatic carbocycles. The first-order valence-corrected chi connectivity index (χ1v) is 9.19. The third-order valence-electron chi connectivity index (χ3n) is 4.98. The molecule has 1 N–H and O–H groups in total. The SMILES string of the molecule is CCc1cccc(C)c1NCC(=O)N1CCN(c2ccc(F)cc2)CC1. The van der Waals surface area contributed by atoms with Gasteiger partial charge in [-0.15, -0.1) is 0 Å². The molecule has 0 spiro atoms. The highest BCUT2D eigenvalue weighted by Gasteiger charge is 2.21. The summed E-state index contributed by atoms with van der Waals surface area (Å²) in [6.45, 7) is 7.40. The van der Waals surface area contributed by atoms with Crippen LogP contribution >= 0.6 is 0 Å². The van der Waals surface area contributed by atoms with E-state index in [0.29, 0.717) is 19.6 Å². The molecule has 0 saturated carbocycles. The van der Waals surface area contributed by atoms with E-state index in [1.165, 1.54) is 23.3 Å². The number of piperazine rings is 1. The van der Waals surface area contributed by atoms with E-state index in [9.17, 15) is 9.18 Å². The Bertz CT molecular complexity index is 752. The second kappa shape index (κ2) is 8.21. The van der Waals surface area contributed by atoms with Crippen molar-refractivity contribution < 1.29 is 9.18 Å². The minimum absolute atomic E-state index is 0.120. The lowest BCUT2D eigenvalue weighted by atomic mass is 10.1. The summed E-state index contributed by atoms with van der Waals surface area (Å²) in [6, 6.07) is 12.7. The Kier molecular flexibility index (Phi) is 5.76. The molecule has 0 radical (unpaired) electrons. The number of nitrogens with one attached hydrogen (secondary N) is 1. The van der Waals surface area contributed by atoms with Crippen LogP contribution in [0.15, 0.2) is 42.5 Å². The summed E-state index contributed by atoms with van der Waals surface area (Å²) in [7, 11) is 0. The molecule has 1 fully saturated rings. The number of anilines is 2. The lowest BCUT2D eigenvalue weighted by Gasteiger charge is -2.36. The number of hydrogen-bond donors (Lipinski definition) is 1. The highest BCUT2D eigenvalue weighted by atomic mass is 19.1. The van der Waals surface area contributed by atoms with Crippen molar-refractivity contribution in [1.82, 2.24) is 4.90 Å². The van der Waals surface area contributed by atoms with Gasteiger partial charge >= 0.3 is 0 Å². The maximum Gasteiger partial charge on any atom is 0.241 e. The van der Waals surface area contributed by atoms with Crippen LogP contribution in [-0.2, 0) is 11.2 Å². The summed E-state index contributed by atoms with van der Waals surface area (Å²) in [4.78, 5) is 16.7. The lowest BCUT2D eigenvalue weighted by molar-refractivity contribution is -0.129. The van der Waals surface area contributed by atoms with Crippen LogP contribution in [-0.4, -0.2) is 43.5 Å². The van der Waals surface area contributed by atoms with Crippen LogP contribution in [0.4, 0.5) is 15.8 Å². The number of para-hydroxylation sites is 1. The zero-order valence-corrected chi connectivity index (χ0v) is 15.5. The van der Waals surface area contributed by atoms with Gasteiger partial charge in [-0.1, -0.05) is 25.1 Å². The van der Waals surface area contributed by atoms with Gasteiger partial charge in [-0.05, 0) is 48.7 Å². The predicted molar refractivity (Wildman–Crippen MR) is 104 cm³/mol. The summed E-state index contributed by atoms with van der Waals surface area (Å²) < 4.78 is 13.1. The molecule has 1 heterocycles. The minimum atomic E-state index is -0.226. The molecular weight excluding hydrogens is 329 g/mol. The van der Waals surface area contributed by atoms with Gasteiger partial charge in [0, 0.05) is 37.6 Å². The molecule has 0 unspecified atom stereocenters. The maximum atomic E-state index is 13.1. The maximum absolute atomic E-state index is 13.1. The van der Waals surface area contributed by atoms with Crippen LogP contribution in [0.2, 0.25) is 0 Å². The largest absolute Gasteiger partial charge is 0.376 e. The average Bonchev–Trinajstić information content (AvgIpc) is 2.67. The Morgan fingerprint density at radius 3 is 2.42 bits per heavy atom. The number of carbonyl (C=O) groups is 1. The number of benzene rings is 2. The van der Waals surface area contributed by atoms with Gasteiger partial charge in [-0.3, -0.25) is 4.79 Å². The van der Waals surface area contributed by atoms with E-state index in [1.807, 2.05) is 4.90 Å². The summed E-state index contributed by atoms with van der Waals surface area (Å²) in [6.07, 6.45) is 0.939. The van der Waals surface area contributed by atoms with Gasteiger partial charge < -0.3 is 15.1 Å². The topological polar surface area (TPSA) is 35.6 Å². The van der Waals surface area contributed by atoms with Crippen LogP contribution in [0.25, 0.3) is 0 Å². The molecule has 1 aliphatic heterocycles. The highest BCUT2D eigenvalue weighted by molar-refractivity contribution is 5.81. The van der Waals surface area contributed by atoms with Gasteiger partial charge in [0.05, 0.1) is 6.54 Å². The number of nitrogens with zero attached hydrogens (tertiary/aromatic N) is 2. The van der Waals surface area contributed by atoms with Gasteiger partial charge in [0.25, 0.3) is 0 Å². The van der Waals surface area contributed by atoms with Crippen molar-refractivity contribution in [2.45, 2.75) is 20.3 Å². The van der Waals surface area contributed by atoms with Gasteiger partial charge in [-0.2, -0.15) is 0 Å². The van der Waals surface area contributed by atoms with E-state index in [-0.39, 0.29) is 11.7 Å². The molecule has 1 aliphatic rings. The van der Waals surface area contributed by atoms with E-state index in [0.717, 1.165) is 30.9 Å². The summed E-state index contributed by atoms with van der Waals surface area (Å²) in [5, 5.41) is 3.33. The molecule has 3 rings (SSSR count). The van der Waals surface area contributed by atoms with Crippen molar-refractivity contribution in [2.75, 3.05) is 42.9 Å². The molecule has 2 aromatic carbocycles. The van der Waals surface area contributed by atoms with Crippen molar-refractivity contribution in [1.29, 1.82) is 0 Å². The molecule has 0 aromatic heterocycles. The smallest absolute Gasteiger partial charge is 0.241 e. The quantitative estimate of drug-likeness (QED) is 0.892. The van der Waals surface area contributed by atoms with Crippen LogP contribution in [0, 0.1) is 12.7 Å². The van der Waals surface area contributed by atoms with Crippen LogP contribution in [0.3, 0.4) is 0 Å². The van der Waals surface area contributed by atoms with E-state index in [2.05, 4.69) is 42.3 Å². The van der Waals surface area contributed by atoms with Crippen molar-refractivity contribution in [2.24, 2.45) is 0 Å². The van der Waals surface area contributed by atoms with E-state index in [1.54, 1.807) is 12.1 Å². The molecule has 2 aromatic rings. The van der Waals surface area contributed by atoms with Crippen LogP contribution < -0.4 is 10.2 Å². The number of rotatable bonds is 5. The number of amides is 1. The predicted octanol–water partition coefficient (Wildman–Crippen LogP) is 3.46. The van der Waals surface area contributed by atoms with E-state index >= 15 is 0 Å². The first-order valence-electron chi connectivity index (χ1n) is 9.19. The van der Waals surface area contributed by atoms with Gasteiger partial charge in [-0.25, -0.2) is 4.39 Å². The minimum Gasteiger partial charge on any atom is -0.376 e. The molecule has 5 heteroatoms. The number of halogens is 1. The van der Waals surface area contributed by atoms with Gasteiger partial charge in [0.2, 0.25) is 5.91 Å². The molecular formula is C21H26FN3O. The number of aryl methyl sites for hydroxylation is 2. The third-order valence-corrected chi connectivity index (χ3v) is 4.98. The van der Waals surface area contributed by atoms with Crippen molar-refractivity contribution in [3.63, 3.8) is 0 Å². The molecule has 4 nitrogen and oxygen atoms in total. The average molecular weight is 355 g/mol. The molecule has 1 amide bonds. The second-order valence-electron chi connectivity index (χ2n) is 6.66. The highest BCUT2D eigenvalue weighted by Crippen LogP contribution is 2.21. The Balaban J connectivity index is 1.53. The Hall–Kier alpha value is -2.56. The molecule has 1 saturated heterocycles. The number of hydrogen-bond acceptors (Lipinski definition) is 3. The van der Waals surface area contributed by atoms with E-state index < -0.39 is 0 Å². The van der Waals surface area contributed by atoms with Crippen molar-refractivity contribution >= 4 is 17.3 Å². The lowest BCUT2D eigenvalue weighted by Crippen LogP contribution is -2.50. The Morgan fingerprint density at radius 1 is 1.08 bits per heavy atom. The first-order chi connectivity index (χ1) is 12.6. The molecule has 0 bridgehead atoms. The van der Waals surface area contributed by atoms with E-state index in [4.69, 9.17) is 0 Å². The zero-order chi connectivity index (χ0) is 18.5. The summed E-state index contributed by atoms with van der Waals surface area (Å²) >= 11 is 0. The van der Waals surface area contributed by atoms with Gasteiger partial charge in [0.1, 0.15) is 5.82 Å². The fraction of sp³-hybridized carbons (Fsp3) is 0.381. The Morgan fingerprint density at radius 2 is 1.77 bits per heavy atom. The monoisotopic (exact) mass is 355 g/mol. The second-order valence-corrected chi connectivity index (χ2v) is 6.66. The van der Waals surface area contributed by atoms with Gasteiger partial charge in [0.15, 0.2) is 0 Å². The summed E-state index contributed by atoms with van der Waals surface area (Å²) in [5.41, 5.74) is 4.48. The molecule has 138 valence electrons. The fourth-order valence-corrected chi connectivity index (χ4v) is 3.42. The Labute approximate surface area is 154 Å². The standard InChI is InChI=1S/C21H26FN3O/c1-3-17-6-4-5-16(2)21(17)23-15-20(26)25-13-11-24(12-14-25)19-9-7-18(22)8-10-19/h4-10,23H,3,11-15H2,1-2H3. The van der Waals surface area contributed by atoms with Crippen molar-refractivity contribution in [3.05, 3.63) is 59.4 Å². The normalized spacial score (nSPS) is 14.4. The number of carbonyl (C=O) groups excluding carboxylic acids is 1. The third kappa shape index (κ3) is 4.15. The first kappa shape index (κ1) is 18.2. The fourth-order valence-electron chi connectivity index (χ4n) is 3.42. The molecule has 0 atom stereocenters. The summed E-state index contributed by atoms with van der Waals surface area (Å²) in [5.74, 6) is -0.106. The molecule has 26 heavy (non-hydrogen) atoms. The van der Waals surface area contributed by atoms with Crippen molar-refractivity contribution in [3.8, 4) is 0 Å². The zero-order valence-electron chi connectivity index (χ0n) is 15.5.